The molecule has 0 aliphatic carbocycles. The van der Waals surface area contributed by atoms with Crippen LogP contribution in [0, 0.1) is 5.82 Å². The first-order chi connectivity index (χ1) is 10.6. The highest BCUT2D eigenvalue weighted by Gasteiger charge is 2.19. The minimum Gasteiger partial charge on any atom is -0.508 e. The third kappa shape index (κ3) is 6.86. The number of carbonyl (C=O) groups is 1. The summed E-state index contributed by atoms with van der Waals surface area (Å²) in [5.74, 6) is -0.354. The van der Waals surface area contributed by atoms with Crippen LogP contribution < -0.4 is 10.6 Å². The molecule has 0 spiro atoms. The summed E-state index contributed by atoms with van der Waals surface area (Å²) in [6, 6.07) is 3.58. The molecule has 0 heterocycles. The number of carbonyl (C=O) groups excluding carboxylic acids is 1. The highest BCUT2D eigenvalue weighted by Crippen LogP contribution is 2.25. The van der Waals surface area contributed by atoms with Gasteiger partial charge in [0.2, 0.25) is 0 Å². The molecule has 0 saturated carbocycles. The van der Waals surface area contributed by atoms with E-state index in [0.29, 0.717) is 12.1 Å². The zero-order valence-electron chi connectivity index (χ0n) is 14.4. The Bertz CT molecular complexity index is 529. The van der Waals surface area contributed by atoms with Gasteiger partial charge >= 0.3 is 6.09 Å². The van der Waals surface area contributed by atoms with E-state index in [1.54, 1.807) is 20.8 Å². The topological polar surface area (TPSA) is 70.6 Å². The lowest BCUT2D eigenvalue weighted by Crippen LogP contribution is -2.43. The molecule has 6 heteroatoms. The van der Waals surface area contributed by atoms with Gasteiger partial charge < -0.3 is 20.5 Å². The van der Waals surface area contributed by atoms with Crippen molar-refractivity contribution < 1.29 is 19.0 Å². The van der Waals surface area contributed by atoms with Gasteiger partial charge in [0.25, 0.3) is 0 Å². The third-order valence-electron chi connectivity index (χ3n) is 3.33. The first kappa shape index (κ1) is 19.2. The van der Waals surface area contributed by atoms with E-state index in [4.69, 9.17) is 4.74 Å². The number of aromatic hydroxyl groups is 1. The number of halogens is 1. The fourth-order valence-electron chi connectivity index (χ4n) is 2.16. The number of rotatable bonds is 6. The van der Waals surface area contributed by atoms with Gasteiger partial charge in [0.05, 0.1) is 0 Å². The molecule has 1 rings (SSSR count). The van der Waals surface area contributed by atoms with Crippen LogP contribution in [-0.4, -0.2) is 29.4 Å². The van der Waals surface area contributed by atoms with Gasteiger partial charge in [-0.3, -0.25) is 0 Å². The first-order valence-corrected chi connectivity index (χ1v) is 7.83. The Hall–Kier alpha value is -1.82. The van der Waals surface area contributed by atoms with Gasteiger partial charge in [-0.1, -0.05) is 6.92 Å². The quantitative estimate of drug-likeness (QED) is 0.748. The number of ether oxygens (including phenoxy) is 1. The Kier molecular flexibility index (Phi) is 6.81. The lowest BCUT2D eigenvalue weighted by Gasteiger charge is -2.25. The maximum absolute atomic E-state index is 13.3. The predicted molar refractivity (Wildman–Crippen MR) is 87.9 cm³/mol. The van der Waals surface area contributed by atoms with Crippen molar-refractivity contribution in [1.82, 2.24) is 10.6 Å². The average molecular weight is 326 g/mol. The highest BCUT2D eigenvalue weighted by atomic mass is 19.1. The van der Waals surface area contributed by atoms with E-state index >= 15 is 0 Å². The summed E-state index contributed by atoms with van der Waals surface area (Å²) in [6.45, 7) is 9.61. The van der Waals surface area contributed by atoms with Crippen molar-refractivity contribution in [3.63, 3.8) is 0 Å². The molecule has 130 valence electrons. The smallest absolute Gasteiger partial charge is 0.407 e. The van der Waals surface area contributed by atoms with Crippen molar-refractivity contribution in [3.05, 3.63) is 29.6 Å². The number of hydrogen-bond acceptors (Lipinski definition) is 4. The van der Waals surface area contributed by atoms with Crippen LogP contribution in [0.5, 0.6) is 5.75 Å². The average Bonchev–Trinajstić information content (AvgIpc) is 2.43. The normalized spacial score (nSPS) is 14.2. The molecule has 0 saturated heterocycles. The van der Waals surface area contributed by atoms with Crippen LogP contribution in [0.15, 0.2) is 18.2 Å². The molecule has 5 nitrogen and oxygen atoms in total. The van der Waals surface area contributed by atoms with Crippen LogP contribution in [0.4, 0.5) is 9.18 Å². The van der Waals surface area contributed by atoms with Crippen molar-refractivity contribution in [2.45, 2.75) is 58.7 Å². The monoisotopic (exact) mass is 326 g/mol. The SMILES string of the molecule is CCC(CNC(=O)OC(C)(C)C)NC(C)c1cc(F)ccc1O. The molecule has 0 bridgehead atoms. The van der Waals surface area contributed by atoms with E-state index in [1.807, 2.05) is 13.8 Å². The molecule has 0 aromatic heterocycles. The molecule has 1 amide bonds. The first-order valence-electron chi connectivity index (χ1n) is 7.83. The standard InChI is InChI=1S/C17H27FN2O3/c1-6-13(10-19-16(22)23-17(3,4)5)20-11(2)14-9-12(18)7-8-15(14)21/h7-9,11,13,20-21H,6,10H2,1-5H3,(H,19,22). The fourth-order valence-corrected chi connectivity index (χ4v) is 2.16. The number of alkyl carbamates (subject to hydrolysis) is 1. The van der Waals surface area contributed by atoms with Crippen LogP contribution in [0.3, 0.4) is 0 Å². The largest absolute Gasteiger partial charge is 0.508 e. The van der Waals surface area contributed by atoms with E-state index in [-0.39, 0.29) is 17.8 Å². The summed E-state index contributed by atoms with van der Waals surface area (Å²) in [6.07, 6.45) is 0.287. The summed E-state index contributed by atoms with van der Waals surface area (Å²) in [5.41, 5.74) is -0.0550. The molecule has 2 unspecified atom stereocenters. The number of nitrogens with one attached hydrogen (secondary N) is 2. The molecule has 0 aliphatic rings. The number of phenolic OH excluding ortho intramolecular Hbond substituents is 1. The molecule has 2 atom stereocenters. The van der Waals surface area contributed by atoms with Gasteiger partial charge in [-0.2, -0.15) is 0 Å². The lowest BCUT2D eigenvalue weighted by molar-refractivity contribution is 0.0521. The van der Waals surface area contributed by atoms with E-state index in [1.165, 1.54) is 18.2 Å². The van der Waals surface area contributed by atoms with Crippen LogP contribution in [0.25, 0.3) is 0 Å². The Balaban J connectivity index is 2.59. The van der Waals surface area contributed by atoms with Gasteiger partial charge in [0.15, 0.2) is 0 Å². The van der Waals surface area contributed by atoms with Crippen molar-refractivity contribution in [2.75, 3.05) is 6.54 Å². The fraction of sp³-hybridized carbons (Fsp3) is 0.588. The van der Waals surface area contributed by atoms with Gasteiger partial charge in [0, 0.05) is 24.2 Å². The molecular weight excluding hydrogens is 299 g/mol. The van der Waals surface area contributed by atoms with E-state index in [2.05, 4.69) is 10.6 Å². The van der Waals surface area contributed by atoms with Gasteiger partial charge in [-0.05, 0) is 52.3 Å². The van der Waals surface area contributed by atoms with E-state index < -0.39 is 17.5 Å². The lowest BCUT2D eigenvalue weighted by atomic mass is 10.1. The molecule has 0 aliphatic heterocycles. The Morgan fingerprint density at radius 2 is 2.04 bits per heavy atom. The summed E-state index contributed by atoms with van der Waals surface area (Å²) in [4.78, 5) is 11.7. The Labute approximate surface area is 137 Å². The van der Waals surface area contributed by atoms with Gasteiger partial charge in [-0.15, -0.1) is 0 Å². The molecule has 1 aromatic carbocycles. The second-order valence-corrected chi connectivity index (χ2v) is 6.58. The van der Waals surface area contributed by atoms with Crippen LogP contribution in [-0.2, 0) is 4.74 Å². The molecule has 0 fully saturated rings. The molecule has 3 N–H and O–H groups in total. The van der Waals surface area contributed by atoms with Crippen molar-refractivity contribution in [3.8, 4) is 5.75 Å². The summed E-state index contributed by atoms with van der Waals surface area (Å²) in [5, 5.41) is 15.8. The van der Waals surface area contributed by atoms with Gasteiger partial charge in [-0.25, -0.2) is 9.18 Å². The summed E-state index contributed by atoms with van der Waals surface area (Å²) < 4.78 is 18.5. The molecule has 23 heavy (non-hydrogen) atoms. The van der Waals surface area contributed by atoms with Crippen LogP contribution in [0.2, 0.25) is 0 Å². The zero-order valence-corrected chi connectivity index (χ0v) is 14.4. The maximum atomic E-state index is 13.3. The highest BCUT2D eigenvalue weighted by molar-refractivity contribution is 5.67. The summed E-state index contributed by atoms with van der Waals surface area (Å²) in [7, 11) is 0. The van der Waals surface area contributed by atoms with E-state index in [0.717, 1.165) is 6.42 Å². The van der Waals surface area contributed by atoms with Crippen molar-refractivity contribution in [2.24, 2.45) is 0 Å². The summed E-state index contributed by atoms with van der Waals surface area (Å²) >= 11 is 0. The number of amides is 1. The second-order valence-electron chi connectivity index (χ2n) is 6.58. The minimum atomic E-state index is -0.542. The molecule has 0 radical (unpaired) electrons. The predicted octanol–water partition coefficient (Wildman–Crippen LogP) is 3.49. The van der Waals surface area contributed by atoms with E-state index in [9.17, 15) is 14.3 Å². The van der Waals surface area contributed by atoms with Crippen molar-refractivity contribution >= 4 is 6.09 Å². The Morgan fingerprint density at radius 1 is 1.39 bits per heavy atom. The third-order valence-corrected chi connectivity index (χ3v) is 3.33. The Morgan fingerprint density at radius 3 is 2.61 bits per heavy atom. The number of benzene rings is 1. The number of hydrogen-bond donors (Lipinski definition) is 3. The maximum Gasteiger partial charge on any atom is 0.407 e. The molecule has 1 aromatic rings. The second kappa shape index (κ2) is 8.15. The minimum absolute atomic E-state index is 0.0276. The molecular formula is C17H27FN2O3. The van der Waals surface area contributed by atoms with Crippen molar-refractivity contribution in [1.29, 1.82) is 0 Å². The zero-order chi connectivity index (χ0) is 17.6. The van der Waals surface area contributed by atoms with Crippen LogP contribution in [0.1, 0.15) is 52.6 Å². The number of phenols is 1. The van der Waals surface area contributed by atoms with Gasteiger partial charge in [0.1, 0.15) is 17.2 Å². The van der Waals surface area contributed by atoms with Crippen LogP contribution >= 0.6 is 0 Å².